The van der Waals surface area contributed by atoms with Crippen molar-refractivity contribution in [3.8, 4) is 0 Å². The summed E-state index contributed by atoms with van der Waals surface area (Å²) in [6.07, 6.45) is 3.40. The van der Waals surface area contributed by atoms with Crippen molar-refractivity contribution >= 4 is 23.3 Å². The summed E-state index contributed by atoms with van der Waals surface area (Å²) in [7, 11) is 3.88. The van der Waals surface area contributed by atoms with Crippen LogP contribution in [-0.2, 0) is 6.54 Å². The fourth-order valence-corrected chi connectivity index (χ4v) is 2.18. The SMILES string of the molecule is CN(C)CCN(Cc1cccnc1)C(=O)Nc1ccc(Cl)c(F)c1. The first kappa shape index (κ1) is 18.2. The zero-order valence-electron chi connectivity index (χ0n) is 13.7. The van der Waals surface area contributed by atoms with Gasteiger partial charge in [0.1, 0.15) is 5.82 Å². The molecule has 0 unspecified atom stereocenters. The van der Waals surface area contributed by atoms with Crippen LogP contribution in [0.2, 0.25) is 5.02 Å². The van der Waals surface area contributed by atoms with Crippen molar-refractivity contribution in [1.82, 2.24) is 14.8 Å². The lowest BCUT2D eigenvalue weighted by atomic mass is 10.2. The molecule has 0 atom stereocenters. The average Bonchev–Trinajstić information content (AvgIpc) is 2.55. The number of rotatable bonds is 6. The summed E-state index contributed by atoms with van der Waals surface area (Å²) in [5, 5.41) is 2.72. The number of aromatic nitrogens is 1. The predicted octanol–water partition coefficient (Wildman–Crippen LogP) is 3.47. The Morgan fingerprint density at radius 1 is 1.29 bits per heavy atom. The zero-order valence-corrected chi connectivity index (χ0v) is 14.4. The third-order valence-electron chi connectivity index (χ3n) is 3.37. The number of pyridine rings is 1. The molecule has 128 valence electrons. The van der Waals surface area contributed by atoms with Crippen molar-refractivity contribution in [3.05, 3.63) is 59.1 Å². The van der Waals surface area contributed by atoms with Gasteiger partial charge in [0, 0.05) is 37.7 Å². The first-order chi connectivity index (χ1) is 11.5. The molecule has 7 heteroatoms. The fraction of sp³-hybridized carbons (Fsp3) is 0.294. The van der Waals surface area contributed by atoms with Crippen LogP contribution in [-0.4, -0.2) is 48.0 Å². The van der Waals surface area contributed by atoms with Crippen LogP contribution < -0.4 is 5.32 Å². The molecule has 0 saturated heterocycles. The van der Waals surface area contributed by atoms with E-state index in [4.69, 9.17) is 11.6 Å². The van der Waals surface area contributed by atoms with Gasteiger partial charge in [-0.25, -0.2) is 9.18 Å². The van der Waals surface area contributed by atoms with Gasteiger partial charge in [-0.1, -0.05) is 17.7 Å². The van der Waals surface area contributed by atoms with Crippen molar-refractivity contribution in [2.24, 2.45) is 0 Å². The van der Waals surface area contributed by atoms with Crippen LogP contribution >= 0.6 is 11.6 Å². The summed E-state index contributed by atoms with van der Waals surface area (Å²) in [6.45, 7) is 1.66. The first-order valence-electron chi connectivity index (χ1n) is 7.50. The lowest BCUT2D eigenvalue weighted by Crippen LogP contribution is -2.39. The van der Waals surface area contributed by atoms with Gasteiger partial charge < -0.3 is 15.1 Å². The van der Waals surface area contributed by atoms with Gasteiger partial charge in [-0.3, -0.25) is 4.98 Å². The average molecular weight is 351 g/mol. The normalized spacial score (nSPS) is 10.7. The lowest BCUT2D eigenvalue weighted by molar-refractivity contribution is 0.202. The van der Waals surface area contributed by atoms with E-state index in [1.807, 2.05) is 31.1 Å². The molecule has 1 aromatic carbocycles. The number of carbonyl (C=O) groups excluding carboxylic acids is 1. The van der Waals surface area contributed by atoms with E-state index >= 15 is 0 Å². The van der Waals surface area contributed by atoms with Gasteiger partial charge >= 0.3 is 6.03 Å². The van der Waals surface area contributed by atoms with Crippen molar-refractivity contribution in [2.75, 3.05) is 32.5 Å². The smallest absolute Gasteiger partial charge is 0.319 e. The fourth-order valence-electron chi connectivity index (χ4n) is 2.06. The molecule has 1 N–H and O–H groups in total. The minimum absolute atomic E-state index is 0.0211. The highest BCUT2D eigenvalue weighted by molar-refractivity contribution is 6.30. The Kier molecular flexibility index (Phi) is 6.52. The summed E-state index contributed by atoms with van der Waals surface area (Å²) in [6, 6.07) is 7.61. The molecule has 0 bridgehead atoms. The van der Waals surface area contributed by atoms with Crippen LogP contribution in [0.3, 0.4) is 0 Å². The quantitative estimate of drug-likeness (QED) is 0.867. The van der Waals surface area contributed by atoms with Gasteiger partial charge in [0.25, 0.3) is 0 Å². The molecule has 0 fully saturated rings. The molecule has 0 aliphatic heterocycles. The second kappa shape index (κ2) is 8.61. The van der Waals surface area contributed by atoms with Crippen LogP contribution in [0.25, 0.3) is 0 Å². The van der Waals surface area contributed by atoms with Gasteiger partial charge in [-0.15, -0.1) is 0 Å². The van der Waals surface area contributed by atoms with E-state index in [1.54, 1.807) is 23.4 Å². The molecule has 5 nitrogen and oxygen atoms in total. The van der Waals surface area contributed by atoms with Crippen molar-refractivity contribution < 1.29 is 9.18 Å². The van der Waals surface area contributed by atoms with E-state index in [1.165, 1.54) is 12.1 Å². The maximum absolute atomic E-state index is 13.5. The van der Waals surface area contributed by atoms with Gasteiger partial charge in [-0.05, 0) is 43.9 Å². The summed E-state index contributed by atoms with van der Waals surface area (Å²) >= 11 is 5.66. The molecule has 2 rings (SSSR count). The lowest BCUT2D eigenvalue weighted by Gasteiger charge is -2.24. The van der Waals surface area contributed by atoms with Gasteiger partial charge in [0.15, 0.2) is 0 Å². The second-order valence-electron chi connectivity index (χ2n) is 5.65. The predicted molar refractivity (Wildman–Crippen MR) is 93.6 cm³/mol. The van der Waals surface area contributed by atoms with Crippen LogP contribution in [0.4, 0.5) is 14.9 Å². The highest BCUT2D eigenvalue weighted by Gasteiger charge is 2.15. The number of nitrogens with one attached hydrogen (secondary N) is 1. The number of urea groups is 1. The molecule has 0 spiro atoms. The van der Waals surface area contributed by atoms with Gasteiger partial charge in [-0.2, -0.15) is 0 Å². The van der Waals surface area contributed by atoms with E-state index in [0.717, 1.165) is 5.56 Å². The summed E-state index contributed by atoms with van der Waals surface area (Å²) in [5.41, 5.74) is 1.29. The molecule has 1 aromatic heterocycles. The summed E-state index contributed by atoms with van der Waals surface area (Å²) in [4.78, 5) is 20.3. The van der Waals surface area contributed by atoms with Crippen LogP contribution in [0.1, 0.15) is 5.56 Å². The van der Waals surface area contributed by atoms with Gasteiger partial charge in [0.2, 0.25) is 0 Å². The minimum Gasteiger partial charge on any atom is -0.319 e. The number of hydrogen-bond donors (Lipinski definition) is 1. The topological polar surface area (TPSA) is 48.5 Å². The Labute approximate surface area is 146 Å². The highest BCUT2D eigenvalue weighted by atomic mass is 35.5. The molecule has 0 radical (unpaired) electrons. The maximum Gasteiger partial charge on any atom is 0.322 e. The Morgan fingerprint density at radius 2 is 2.08 bits per heavy atom. The summed E-state index contributed by atoms with van der Waals surface area (Å²) < 4.78 is 13.5. The number of anilines is 1. The van der Waals surface area contributed by atoms with Crippen LogP contribution in [0, 0.1) is 5.82 Å². The monoisotopic (exact) mass is 350 g/mol. The molecule has 2 aromatic rings. The first-order valence-corrected chi connectivity index (χ1v) is 7.88. The van der Waals surface area contributed by atoms with E-state index < -0.39 is 5.82 Å². The van der Waals surface area contributed by atoms with E-state index in [0.29, 0.717) is 25.3 Å². The second-order valence-corrected chi connectivity index (χ2v) is 6.05. The van der Waals surface area contributed by atoms with Crippen LogP contribution in [0.5, 0.6) is 0 Å². The maximum atomic E-state index is 13.5. The standard InChI is InChI=1S/C17H20ClFN4O/c1-22(2)8-9-23(12-13-4-3-7-20-11-13)17(24)21-14-5-6-15(18)16(19)10-14/h3-7,10-11H,8-9,12H2,1-2H3,(H,21,24). The van der Waals surface area contributed by atoms with E-state index in [9.17, 15) is 9.18 Å². The Morgan fingerprint density at radius 3 is 2.71 bits per heavy atom. The van der Waals surface area contributed by atoms with Crippen LogP contribution in [0.15, 0.2) is 42.7 Å². The van der Waals surface area contributed by atoms with E-state index in [2.05, 4.69) is 10.3 Å². The van der Waals surface area contributed by atoms with Crippen molar-refractivity contribution in [1.29, 1.82) is 0 Å². The molecule has 0 saturated carbocycles. The minimum atomic E-state index is -0.568. The number of amides is 2. The molecule has 0 aliphatic carbocycles. The number of nitrogens with zero attached hydrogens (tertiary/aromatic N) is 3. The Balaban J connectivity index is 2.09. The number of hydrogen-bond acceptors (Lipinski definition) is 3. The number of carbonyl (C=O) groups is 1. The number of benzene rings is 1. The molecular weight excluding hydrogens is 331 g/mol. The molecule has 24 heavy (non-hydrogen) atoms. The largest absolute Gasteiger partial charge is 0.322 e. The Bertz CT molecular complexity index is 682. The zero-order chi connectivity index (χ0) is 17.5. The molecule has 1 heterocycles. The Hall–Kier alpha value is -2.18. The third kappa shape index (κ3) is 5.47. The molecule has 0 aliphatic rings. The summed E-state index contributed by atoms with van der Waals surface area (Å²) in [5.74, 6) is -0.568. The third-order valence-corrected chi connectivity index (χ3v) is 3.68. The van der Waals surface area contributed by atoms with Crippen molar-refractivity contribution in [2.45, 2.75) is 6.54 Å². The number of likely N-dealkylation sites (N-methyl/N-ethyl adjacent to an activating group) is 1. The number of halogens is 2. The molecule has 2 amide bonds. The van der Waals surface area contributed by atoms with Gasteiger partial charge in [0.05, 0.1) is 5.02 Å². The highest BCUT2D eigenvalue weighted by Crippen LogP contribution is 2.19. The van der Waals surface area contributed by atoms with Crippen molar-refractivity contribution in [3.63, 3.8) is 0 Å². The molecular formula is C17H20ClFN4O. The van der Waals surface area contributed by atoms with E-state index in [-0.39, 0.29) is 11.1 Å².